The van der Waals surface area contributed by atoms with Gasteiger partial charge in [-0.15, -0.1) is 21.5 Å². The number of rotatable bonds is 5. The molecule has 2 heterocycles. The highest BCUT2D eigenvalue weighted by molar-refractivity contribution is 8.02. The summed E-state index contributed by atoms with van der Waals surface area (Å²) in [4.78, 5) is 4.43. The normalized spacial score (nSPS) is 10.8. The highest BCUT2D eigenvalue weighted by Crippen LogP contribution is 2.32. The van der Waals surface area contributed by atoms with E-state index in [9.17, 15) is 0 Å². The lowest BCUT2D eigenvalue weighted by atomic mass is 10.1. The molecule has 0 unspecified atom stereocenters. The molecule has 0 spiro atoms. The van der Waals surface area contributed by atoms with Gasteiger partial charge < -0.3 is 0 Å². The first-order valence-electron chi connectivity index (χ1n) is 6.26. The Bertz CT molecular complexity index is 676. The second-order valence-corrected chi connectivity index (χ2v) is 7.72. The van der Waals surface area contributed by atoms with E-state index in [-0.39, 0.29) is 0 Å². The van der Waals surface area contributed by atoms with Crippen LogP contribution in [-0.2, 0) is 12.8 Å². The van der Waals surface area contributed by atoms with Gasteiger partial charge >= 0.3 is 0 Å². The second kappa shape index (κ2) is 6.47. The van der Waals surface area contributed by atoms with Gasteiger partial charge in [0.25, 0.3) is 0 Å². The first-order valence-corrected chi connectivity index (χ1v) is 8.77. The molecular formula is C14H13N3S3. The summed E-state index contributed by atoms with van der Waals surface area (Å²) in [7, 11) is 0. The summed E-state index contributed by atoms with van der Waals surface area (Å²) in [5.74, 6) is 0. The van der Waals surface area contributed by atoms with Gasteiger partial charge in [0.2, 0.25) is 0 Å². The Kier molecular flexibility index (Phi) is 4.44. The topological polar surface area (TPSA) is 38.7 Å². The van der Waals surface area contributed by atoms with Crippen LogP contribution in [0.3, 0.4) is 0 Å². The summed E-state index contributed by atoms with van der Waals surface area (Å²) in [6, 6.07) is 10.5. The standard InChI is InChI=1S/C14H13N3S3/c1-10-9-18-13(15-10)20-14-17-16-12(19-14)8-7-11-5-3-2-4-6-11/h2-6,9H,7-8H2,1H3. The molecule has 0 aliphatic heterocycles. The van der Waals surface area contributed by atoms with Crippen molar-refractivity contribution in [3.63, 3.8) is 0 Å². The van der Waals surface area contributed by atoms with Crippen LogP contribution >= 0.6 is 34.4 Å². The molecule has 1 aromatic carbocycles. The summed E-state index contributed by atoms with van der Waals surface area (Å²) in [5, 5.41) is 11.6. The molecule has 0 radical (unpaired) electrons. The van der Waals surface area contributed by atoms with Gasteiger partial charge in [0.05, 0.1) is 0 Å². The van der Waals surface area contributed by atoms with Crippen LogP contribution in [0.5, 0.6) is 0 Å². The maximum Gasteiger partial charge on any atom is 0.181 e. The molecule has 102 valence electrons. The fourth-order valence-electron chi connectivity index (χ4n) is 1.73. The molecule has 0 N–H and O–H groups in total. The van der Waals surface area contributed by atoms with Crippen LogP contribution in [0.25, 0.3) is 0 Å². The number of hydrogen-bond acceptors (Lipinski definition) is 6. The lowest BCUT2D eigenvalue weighted by Crippen LogP contribution is -1.89. The molecule has 0 aliphatic rings. The summed E-state index contributed by atoms with van der Waals surface area (Å²) >= 11 is 4.92. The highest BCUT2D eigenvalue weighted by Gasteiger charge is 2.08. The van der Waals surface area contributed by atoms with Gasteiger partial charge in [-0.2, -0.15) is 0 Å². The molecule has 0 saturated carbocycles. The lowest BCUT2D eigenvalue weighted by molar-refractivity contribution is 0.888. The van der Waals surface area contributed by atoms with E-state index in [0.29, 0.717) is 0 Å². The minimum absolute atomic E-state index is 0.944. The van der Waals surface area contributed by atoms with Crippen molar-refractivity contribution in [1.82, 2.24) is 15.2 Å². The monoisotopic (exact) mass is 319 g/mol. The lowest BCUT2D eigenvalue weighted by Gasteiger charge is -1.96. The highest BCUT2D eigenvalue weighted by atomic mass is 32.2. The zero-order valence-electron chi connectivity index (χ0n) is 10.9. The van der Waals surface area contributed by atoms with Crippen LogP contribution in [-0.4, -0.2) is 15.2 Å². The molecule has 0 saturated heterocycles. The summed E-state index contributed by atoms with van der Waals surface area (Å²) in [5.41, 5.74) is 2.40. The van der Waals surface area contributed by atoms with Gasteiger partial charge in [-0.3, -0.25) is 0 Å². The fraction of sp³-hybridized carbons (Fsp3) is 0.214. The third-order valence-electron chi connectivity index (χ3n) is 2.69. The zero-order valence-corrected chi connectivity index (χ0v) is 13.4. The maximum atomic E-state index is 4.43. The average Bonchev–Trinajstić information content (AvgIpc) is 3.08. The first kappa shape index (κ1) is 13.7. The van der Waals surface area contributed by atoms with Crippen molar-refractivity contribution in [3.8, 4) is 0 Å². The van der Waals surface area contributed by atoms with E-state index in [0.717, 1.165) is 32.2 Å². The van der Waals surface area contributed by atoms with Gasteiger partial charge in [0.15, 0.2) is 8.68 Å². The second-order valence-electron chi connectivity index (χ2n) is 4.30. The van der Waals surface area contributed by atoms with E-state index >= 15 is 0 Å². The van der Waals surface area contributed by atoms with E-state index < -0.39 is 0 Å². The quantitative estimate of drug-likeness (QED) is 0.705. The van der Waals surface area contributed by atoms with Gasteiger partial charge in [0.1, 0.15) is 5.01 Å². The number of nitrogens with zero attached hydrogens (tertiary/aromatic N) is 3. The Morgan fingerprint density at radius 1 is 1.05 bits per heavy atom. The predicted molar refractivity (Wildman–Crippen MR) is 84.7 cm³/mol. The van der Waals surface area contributed by atoms with E-state index in [2.05, 4.69) is 44.8 Å². The molecule has 0 atom stereocenters. The molecule has 20 heavy (non-hydrogen) atoms. The number of thiazole rings is 1. The molecule has 0 amide bonds. The molecule has 3 aromatic rings. The predicted octanol–water partition coefficient (Wildman–Crippen LogP) is 4.24. The van der Waals surface area contributed by atoms with Crippen molar-refractivity contribution < 1.29 is 0 Å². The molecule has 0 aliphatic carbocycles. The van der Waals surface area contributed by atoms with Crippen molar-refractivity contribution in [3.05, 3.63) is 52.0 Å². The molecule has 3 nitrogen and oxygen atoms in total. The van der Waals surface area contributed by atoms with E-state index in [4.69, 9.17) is 0 Å². The first-order chi connectivity index (χ1) is 9.79. The Morgan fingerprint density at radius 3 is 2.65 bits per heavy atom. The van der Waals surface area contributed by atoms with Crippen LogP contribution in [0, 0.1) is 6.92 Å². The Hall–Kier alpha value is -1.24. The van der Waals surface area contributed by atoms with Crippen molar-refractivity contribution in [1.29, 1.82) is 0 Å². The summed E-state index contributed by atoms with van der Waals surface area (Å²) in [6.07, 6.45) is 1.95. The molecule has 0 fully saturated rings. The zero-order chi connectivity index (χ0) is 13.8. The van der Waals surface area contributed by atoms with Gasteiger partial charge in [0, 0.05) is 17.5 Å². The SMILES string of the molecule is Cc1csc(Sc2nnc(CCc3ccccc3)s2)n1. The van der Waals surface area contributed by atoms with E-state index in [1.165, 1.54) is 5.56 Å². The van der Waals surface area contributed by atoms with Gasteiger partial charge in [-0.1, -0.05) is 41.7 Å². The Labute approximate surface area is 130 Å². The molecule has 3 rings (SSSR count). The number of aryl methyl sites for hydroxylation is 3. The van der Waals surface area contributed by atoms with E-state index in [1.54, 1.807) is 34.4 Å². The Balaban J connectivity index is 1.59. The average molecular weight is 319 g/mol. The van der Waals surface area contributed by atoms with Crippen molar-refractivity contribution in [2.24, 2.45) is 0 Å². The van der Waals surface area contributed by atoms with E-state index in [1.807, 2.05) is 13.0 Å². The van der Waals surface area contributed by atoms with Gasteiger partial charge in [-0.25, -0.2) is 4.98 Å². The number of aromatic nitrogens is 3. The third kappa shape index (κ3) is 3.65. The molecule has 6 heteroatoms. The van der Waals surface area contributed by atoms with Crippen LogP contribution in [0.15, 0.2) is 44.4 Å². The van der Waals surface area contributed by atoms with Crippen LogP contribution in [0.1, 0.15) is 16.3 Å². The smallest absolute Gasteiger partial charge is 0.181 e. The summed E-state index contributed by atoms with van der Waals surface area (Å²) in [6.45, 7) is 2.01. The van der Waals surface area contributed by atoms with Crippen LogP contribution in [0.2, 0.25) is 0 Å². The third-order valence-corrected chi connectivity index (χ3v) is 5.78. The van der Waals surface area contributed by atoms with Crippen molar-refractivity contribution in [2.45, 2.75) is 28.4 Å². The van der Waals surface area contributed by atoms with Crippen LogP contribution in [0.4, 0.5) is 0 Å². The summed E-state index contributed by atoms with van der Waals surface area (Å²) < 4.78 is 2.01. The molecular weight excluding hydrogens is 306 g/mol. The minimum Gasteiger partial charge on any atom is -0.235 e. The number of benzene rings is 1. The maximum absolute atomic E-state index is 4.43. The minimum atomic E-state index is 0.944. The fourth-order valence-corrected chi connectivity index (χ4v) is 4.66. The Morgan fingerprint density at radius 2 is 1.90 bits per heavy atom. The number of hydrogen-bond donors (Lipinski definition) is 0. The largest absolute Gasteiger partial charge is 0.235 e. The molecule has 2 aromatic heterocycles. The van der Waals surface area contributed by atoms with Gasteiger partial charge in [-0.05, 0) is 30.7 Å². The van der Waals surface area contributed by atoms with Crippen LogP contribution < -0.4 is 0 Å². The van der Waals surface area contributed by atoms with Crippen molar-refractivity contribution in [2.75, 3.05) is 0 Å². The molecule has 0 bridgehead atoms. The van der Waals surface area contributed by atoms with Crippen molar-refractivity contribution >= 4 is 34.4 Å².